The number of carboxylic acid groups (broad SMARTS) is 2. The molecule has 0 aliphatic carbocycles. The summed E-state index contributed by atoms with van der Waals surface area (Å²) in [6.45, 7) is 7.82. The van der Waals surface area contributed by atoms with Gasteiger partial charge in [0, 0.05) is 32.4 Å². The van der Waals surface area contributed by atoms with Crippen molar-refractivity contribution in [2.24, 2.45) is 0 Å². The van der Waals surface area contributed by atoms with Crippen LogP contribution in [0.15, 0.2) is 12.7 Å². The molecule has 0 heterocycles. The summed E-state index contributed by atoms with van der Waals surface area (Å²) in [5, 5.41) is 32.3. The summed E-state index contributed by atoms with van der Waals surface area (Å²) in [6.07, 6.45) is 19.5. The summed E-state index contributed by atoms with van der Waals surface area (Å²) in [6, 6.07) is -1.30. The Balaban J connectivity index is 3.59. The third-order valence-corrected chi connectivity index (χ3v) is 10.0. The molecule has 366 valence electrons. The molecule has 0 radical (unpaired) electrons. The van der Waals surface area contributed by atoms with Crippen molar-refractivity contribution in [3.8, 4) is 0 Å². The van der Waals surface area contributed by atoms with Gasteiger partial charge in [-0.25, -0.2) is 4.79 Å². The van der Waals surface area contributed by atoms with Crippen molar-refractivity contribution >= 4 is 35.4 Å². The minimum absolute atomic E-state index is 0.0154. The molecule has 2 atom stereocenters. The molecule has 0 spiro atoms. The second kappa shape index (κ2) is 45.1. The predicted octanol–water partition coefficient (Wildman–Crippen LogP) is 4.04. The van der Waals surface area contributed by atoms with Crippen molar-refractivity contribution in [3.63, 3.8) is 0 Å². The fraction of sp³-hybridized carbons (Fsp3) is 0.822. The summed E-state index contributed by atoms with van der Waals surface area (Å²) in [4.78, 5) is 70.3. The average Bonchev–Trinajstić information content (AvgIpc) is 3.26. The highest BCUT2D eigenvalue weighted by Gasteiger charge is 2.21. The number of amides is 3. The molecule has 0 aliphatic rings. The van der Waals surface area contributed by atoms with Crippen LogP contribution in [0.1, 0.15) is 135 Å². The lowest BCUT2D eigenvalue weighted by Crippen LogP contribution is -2.41. The number of unbranched alkanes of at least 4 members (excludes halogenated alkanes) is 14. The van der Waals surface area contributed by atoms with Crippen LogP contribution in [-0.4, -0.2) is 151 Å². The van der Waals surface area contributed by atoms with Gasteiger partial charge in [0.1, 0.15) is 12.6 Å². The number of hydrogen-bond donors (Lipinski definition) is 7. The van der Waals surface area contributed by atoms with Gasteiger partial charge in [-0.15, -0.1) is 0 Å². The molecule has 0 fully saturated rings. The molecule has 0 aromatic carbocycles. The zero-order chi connectivity index (χ0) is 46.4. The maximum atomic E-state index is 12.3. The molecule has 0 saturated heterocycles. The lowest BCUT2D eigenvalue weighted by atomic mass is 10.0. The number of likely N-dealkylation sites (N-methyl/N-ethyl adjacent to an activating group) is 1. The molecule has 18 nitrogen and oxygen atoms in total. The molecule has 18 heteroatoms. The fourth-order valence-electron chi connectivity index (χ4n) is 6.36. The van der Waals surface area contributed by atoms with Gasteiger partial charge in [0.15, 0.2) is 5.78 Å². The Bertz CT molecular complexity index is 1200. The van der Waals surface area contributed by atoms with Gasteiger partial charge < -0.3 is 55.2 Å². The largest absolute Gasteiger partial charge is 0.481 e. The van der Waals surface area contributed by atoms with Crippen LogP contribution in [0.3, 0.4) is 0 Å². The van der Waals surface area contributed by atoms with E-state index in [4.69, 9.17) is 28.8 Å². The van der Waals surface area contributed by atoms with Crippen LogP contribution in [0, 0.1) is 0 Å². The average molecular weight is 902 g/mol. The predicted molar refractivity (Wildman–Crippen MR) is 240 cm³/mol. The molecule has 0 bridgehead atoms. The molecule has 3 amide bonds. The number of carbonyl (C=O) groups excluding carboxylic acids is 4. The highest BCUT2D eigenvalue weighted by molar-refractivity contribution is 5.93. The van der Waals surface area contributed by atoms with Crippen molar-refractivity contribution in [1.82, 2.24) is 26.6 Å². The van der Waals surface area contributed by atoms with Gasteiger partial charge in [-0.3, -0.25) is 29.3 Å². The van der Waals surface area contributed by atoms with E-state index in [9.17, 15) is 33.9 Å². The van der Waals surface area contributed by atoms with Gasteiger partial charge in [0.2, 0.25) is 17.7 Å². The van der Waals surface area contributed by atoms with Gasteiger partial charge in [-0.1, -0.05) is 90.0 Å². The zero-order valence-electron chi connectivity index (χ0n) is 38.4. The van der Waals surface area contributed by atoms with E-state index in [1.54, 1.807) is 7.05 Å². The molecule has 0 rings (SSSR count). The molecule has 0 aromatic heterocycles. The maximum Gasteiger partial charge on any atom is 0.326 e. The topological polar surface area (TPSA) is 249 Å². The minimum atomic E-state index is -1.18. The van der Waals surface area contributed by atoms with Crippen LogP contribution in [0.25, 0.3) is 0 Å². The van der Waals surface area contributed by atoms with E-state index in [2.05, 4.69) is 33.2 Å². The first-order valence-corrected chi connectivity index (χ1v) is 23.3. The number of ether oxygens (including phenoxy) is 5. The minimum Gasteiger partial charge on any atom is -0.481 e. The van der Waals surface area contributed by atoms with Crippen LogP contribution in [-0.2, 0) is 52.5 Å². The standard InChI is InChI=1S/C45H83N5O13/c1-3-40(51)38(46-2)20-18-19-25-47-37-63-35-33-61-31-30-59-29-27-49-43(54)36-62-34-32-60-28-26-48-41(52)24-23-39(45(57)58)50-42(53)21-16-14-12-10-8-6-4-5-7-9-11-13-15-17-22-44(55)56/h3,38-39,46-47H,1,4-37H2,2H3,(H,48,52)(H,49,54)(H,50,53)(H,55,56)(H,57,58)/t38-,39-/m0/s1. The number of aliphatic carboxylic acids is 2. The van der Waals surface area contributed by atoms with Gasteiger partial charge in [0.05, 0.1) is 65.6 Å². The quantitative estimate of drug-likeness (QED) is 0.0259. The lowest BCUT2D eigenvalue weighted by molar-refractivity contribution is -0.142. The molecule has 0 saturated carbocycles. The van der Waals surface area contributed by atoms with E-state index >= 15 is 0 Å². The van der Waals surface area contributed by atoms with E-state index in [-0.39, 0.29) is 88.2 Å². The Labute approximate surface area is 376 Å². The highest BCUT2D eigenvalue weighted by Crippen LogP contribution is 2.14. The number of hydrogen-bond acceptors (Lipinski definition) is 13. The van der Waals surface area contributed by atoms with E-state index in [1.165, 1.54) is 51.0 Å². The SMILES string of the molecule is C=CC(=O)[C@H](CCCCNCOCCOCCOCCNC(=O)COCCOCCNC(=O)CC[C@H](NC(=O)CCCCCCCCCCCCCCCCC(=O)O)C(=O)O)NC. The Kier molecular flexibility index (Phi) is 42.5. The molecule has 0 aromatic rings. The number of carboxylic acids is 2. The number of nitrogens with one attached hydrogen (secondary N) is 5. The van der Waals surface area contributed by atoms with E-state index in [0.717, 1.165) is 64.3 Å². The van der Waals surface area contributed by atoms with Crippen LogP contribution < -0.4 is 26.6 Å². The Hall–Kier alpha value is -3.52. The van der Waals surface area contributed by atoms with E-state index < -0.39 is 18.0 Å². The van der Waals surface area contributed by atoms with Crippen molar-refractivity contribution < 1.29 is 62.7 Å². The Morgan fingerprint density at radius 3 is 1.52 bits per heavy atom. The second-order valence-electron chi connectivity index (χ2n) is 15.4. The van der Waals surface area contributed by atoms with Gasteiger partial charge >= 0.3 is 11.9 Å². The first-order valence-electron chi connectivity index (χ1n) is 23.3. The maximum absolute atomic E-state index is 12.3. The Morgan fingerprint density at radius 1 is 0.508 bits per heavy atom. The monoisotopic (exact) mass is 902 g/mol. The third kappa shape index (κ3) is 42.2. The number of carbonyl (C=O) groups is 6. The molecule has 0 unspecified atom stereocenters. The van der Waals surface area contributed by atoms with E-state index in [0.29, 0.717) is 52.7 Å². The van der Waals surface area contributed by atoms with Crippen molar-refractivity contribution in [2.45, 2.75) is 147 Å². The highest BCUT2D eigenvalue weighted by atomic mass is 16.5. The van der Waals surface area contributed by atoms with E-state index in [1.807, 2.05) is 0 Å². The second-order valence-corrected chi connectivity index (χ2v) is 15.4. The molecule has 63 heavy (non-hydrogen) atoms. The summed E-state index contributed by atoms with van der Waals surface area (Å²) < 4.78 is 27.1. The van der Waals surface area contributed by atoms with Gasteiger partial charge in [-0.05, 0) is 51.8 Å². The van der Waals surface area contributed by atoms with Crippen molar-refractivity contribution in [1.29, 1.82) is 0 Å². The zero-order valence-corrected chi connectivity index (χ0v) is 38.4. The third-order valence-electron chi connectivity index (χ3n) is 10.0. The summed E-state index contributed by atoms with van der Waals surface area (Å²) in [5.74, 6) is -2.82. The molecule has 0 aliphatic heterocycles. The van der Waals surface area contributed by atoms with Crippen LogP contribution in [0.5, 0.6) is 0 Å². The Morgan fingerprint density at radius 2 is 1.00 bits per heavy atom. The van der Waals surface area contributed by atoms with Gasteiger partial charge in [0.25, 0.3) is 0 Å². The lowest BCUT2D eigenvalue weighted by Gasteiger charge is -2.14. The number of rotatable bonds is 49. The first kappa shape index (κ1) is 59.5. The number of ketones is 1. The first-order chi connectivity index (χ1) is 30.6. The molecular weight excluding hydrogens is 819 g/mol. The molecular formula is C45H83N5O13. The summed E-state index contributed by atoms with van der Waals surface area (Å²) in [5.41, 5.74) is 0. The van der Waals surface area contributed by atoms with Crippen molar-refractivity contribution in [2.75, 3.05) is 92.9 Å². The smallest absolute Gasteiger partial charge is 0.326 e. The summed E-state index contributed by atoms with van der Waals surface area (Å²) in [7, 11) is 1.77. The normalized spacial score (nSPS) is 12.1. The summed E-state index contributed by atoms with van der Waals surface area (Å²) >= 11 is 0. The van der Waals surface area contributed by atoms with Crippen molar-refractivity contribution in [3.05, 3.63) is 12.7 Å². The van der Waals surface area contributed by atoms with Crippen LogP contribution in [0.4, 0.5) is 0 Å². The fourth-order valence-corrected chi connectivity index (χ4v) is 6.36. The molecule has 7 N–H and O–H groups in total. The van der Waals surface area contributed by atoms with Crippen LogP contribution >= 0.6 is 0 Å². The van der Waals surface area contributed by atoms with Crippen LogP contribution in [0.2, 0.25) is 0 Å². The van der Waals surface area contributed by atoms with Gasteiger partial charge in [-0.2, -0.15) is 0 Å².